The predicted octanol–water partition coefficient (Wildman–Crippen LogP) is 0.307. The Balaban J connectivity index is 2.35. The van der Waals surface area contributed by atoms with Crippen LogP contribution in [0.15, 0.2) is 23.1 Å². The summed E-state index contributed by atoms with van der Waals surface area (Å²) in [7, 11) is 0.945. The van der Waals surface area contributed by atoms with Crippen molar-refractivity contribution in [1.82, 2.24) is 9.62 Å². The van der Waals surface area contributed by atoms with Gasteiger partial charge in [0.05, 0.1) is 16.9 Å². The molecule has 0 aromatic heterocycles. The van der Waals surface area contributed by atoms with Gasteiger partial charge >= 0.3 is 0 Å². The lowest BCUT2D eigenvalue weighted by atomic mass is 9.86. The number of likely N-dealkylation sites (N-methyl/N-ethyl adjacent to an activating group) is 2. The molecule has 1 heterocycles. The minimum atomic E-state index is -3.82. The molecule has 0 radical (unpaired) electrons. The van der Waals surface area contributed by atoms with Crippen molar-refractivity contribution in [2.45, 2.75) is 24.2 Å². The van der Waals surface area contributed by atoms with Gasteiger partial charge in [0.25, 0.3) is 0 Å². The topological polar surface area (TPSA) is 86.8 Å². The third-order valence-corrected chi connectivity index (χ3v) is 5.46. The van der Waals surface area contributed by atoms with Crippen LogP contribution in [0.2, 0.25) is 0 Å². The molecule has 0 saturated heterocycles. The molecule has 0 unspecified atom stereocenters. The Morgan fingerprint density at radius 3 is 2.48 bits per heavy atom. The second-order valence-electron chi connectivity index (χ2n) is 6.28. The average Bonchev–Trinajstić information content (AvgIpc) is 2.65. The molecule has 0 aliphatic carbocycles. The van der Waals surface area contributed by atoms with Crippen molar-refractivity contribution in [3.05, 3.63) is 23.8 Å². The molecule has 0 spiro atoms. The number of carbonyl (C=O) groups is 2. The fourth-order valence-electron chi connectivity index (χ4n) is 2.52. The van der Waals surface area contributed by atoms with Crippen LogP contribution in [0.1, 0.15) is 19.4 Å². The smallest absolute Gasteiger partial charge is 0.241 e. The third-order valence-electron chi connectivity index (χ3n) is 4.06. The summed E-state index contributed by atoms with van der Waals surface area (Å²) in [5.74, 6) is -0.428. The predicted molar refractivity (Wildman–Crippen MR) is 86.8 cm³/mol. The molecule has 1 aliphatic heterocycles. The molecule has 2 rings (SSSR count). The molecule has 8 heteroatoms. The molecule has 1 aliphatic rings. The van der Waals surface area contributed by atoms with Crippen molar-refractivity contribution in [3.8, 4) is 0 Å². The van der Waals surface area contributed by atoms with Crippen LogP contribution >= 0.6 is 0 Å². The second kappa shape index (κ2) is 5.61. The Bertz CT molecular complexity index is 769. The van der Waals surface area contributed by atoms with Gasteiger partial charge in [-0.05, 0) is 37.6 Å². The van der Waals surface area contributed by atoms with E-state index in [1.807, 2.05) is 0 Å². The molecule has 0 fully saturated rings. The van der Waals surface area contributed by atoms with E-state index in [4.69, 9.17) is 0 Å². The van der Waals surface area contributed by atoms with Crippen LogP contribution in [0.25, 0.3) is 0 Å². The summed E-state index contributed by atoms with van der Waals surface area (Å²) in [5, 5.41) is 0. The van der Waals surface area contributed by atoms with E-state index in [9.17, 15) is 18.0 Å². The van der Waals surface area contributed by atoms with Crippen LogP contribution in [0.5, 0.6) is 0 Å². The number of fused-ring (bicyclic) bond motifs is 1. The molecule has 1 N–H and O–H groups in total. The third kappa shape index (κ3) is 2.96. The Kier molecular flexibility index (Phi) is 4.25. The van der Waals surface area contributed by atoms with Crippen LogP contribution in [0.4, 0.5) is 5.69 Å². The van der Waals surface area contributed by atoms with Crippen LogP contribution in [0, 0.1) is 0 Å². The van der Waals surface area contributed by atoms with Gasteiger partial charge in [-0.1, -0.05) is 0 Å². The first-order valence-electron chi connectivity index (χ1n) is 7.11. The number of hydrogen-bond acceptors (Lipinski definition) is 4. The Morgan fingerprint density at radius 2 is 1.91 bits per heavy atom. The molecule has 1 aromatic carbocycles. The highest BCUT2D eigenvalue weighted by Gasteiger charge is 2.42. The Hall–Kier alpha value is -1.93. The zero-order valence-corrected chi connectivity index (χ0v) is 14.7. The summed E-state index contributed by atoms with van der Waals surface area (Å²) in [6.45, 7) is 3.21. The lowest BCUT2D eigenvalue weighted by molar-refractivity contribution is -0.127. The largest absolute Gasteiger partial charge is 0.348 e. The monoisotopic (exact) mass is 339 g/mol. The van der Waals surface area contributed by atoms with Crippen LogP contribution in [-0.2, 0) is 25.0 Å². The molecule has 0 bridgehead atoms. The molecule has 0 atom stereocenters. The number of anilines is 1. The number of nitrogens with one attached hydrogen (secondary N) is 1. The van der Waals surface area contributed by atoms with Crippen LogP contribution in [0.3, 0.4) is 0 Å². The quantitative estimate of drug-likeness (QED) is 0.855. The van der Waals surface area contributed by atoms with Gasteiger partial charge in [0.1, 0.15) is 0 Å². The first-order valence-corrected chi connectivity index (χ1v) is 8.59. The van der Waals surface area contributed by atoms with Crippen molar-refractivity contribution in [3.63, 3.8) is 0 Å². The van der Waals surface area contributed by atoms with Crippen LogP contribution < -0.4 is 9.62 Å². The average molecular weight is 339 g/mol. The van der Waals surface area contributed by atoms with E-state index >= 15 is 0 Å². The summed E-state index contributed by atoms with van der Waals surface area (Å²) in [5.41, 5.74) is 0.574. The normalized spacial score (nSPS) is 16.4. The molecular weight excluding hydrogens is 318 g/mol. The van der Waals surface area contributed by atoms with E-state index in [0.29, 0.717) is 11.3 Å². The molecular formula is C15H21N3O4S. The van der Waals surface area contributed by atoms with Gasteiger partial charge in [0.2, 0.25) is 21.8 Å². The maximum atomic E-state index is 12.4. The van der Waals surface area contributed by atoms with E-state index in [-0.39, 0.29) is 23.3 Å². The number of hydrogen-bond donors (Lipinski definition) is 1. The maximum absolute atomic E-state index is 12.4. The number of benzene rings is 1. The first-order chi connectivity index (χ1) is 10.5. The van der Waals surface area contributed by atoms with E-state index < -0.39 is 15.4 Å². The maximum Gasteiger partial charge on any atom is 0.241 e. The Labute approximate surface area is 136 Å². The van der Waals surface area contributed by atoms with Gasteiger partial charge in [0.15, 0.2) is 0 Å². The fraction of sp³-hybridized carbons (Fsp3) is 0.467. The van der Waals surface area contributed by atoms with Crippen molar-refractivity contribution < 1.29 is 18.0 Å². The fourth-order valence-corrected chi connectivity index (χ4v) is 3.52. The van der Waals surface area contributed by atoms with Crippen LogP contribution in [-0.4, -0.2) is 52.8 Å². The summed E-state index contributed by atoms with van der Waals surface area (Å²) >= 11 is 0. The second-order valence-corrected chi connectivity index (χ2v) is 8.05. The lowest BCUT2D eigenvalue weighted by Gasteiger charge is -2.17. The number of nitrogens with zero attached hydrogens (tertiary/aromatic N) is 2. The van der Waals surface area contributed by atoms with E-state index in [0.717, 1.165) is 0 Å². The minimum Gasteiger partial charge on any atom is -0.348 e. The van der Waals surface area contributed by atoms with Crippen molar-refractivity contribution in [2.24, 2.45) is 0 Å². The molecule has 0 saturated carbocycles. The van der Waals surface area contributed by atoms with Gasteiger partial charge in [-0.25, -0.2) is 13.1 Å². The van der Waals surface area contributed by atoms with Gasteiger partial charge in [0, 0.05) is 26.8 Å². The van der Waals surface area contributed by atoms with Crippen molar-refractivity contribution in [2.75, 3.05) is 32.6 Å². The minimum absolute atomic E-state index is 0.0407. The highest BCUT2D eigenvalue weighted by molar-refractivity contribution is 7.89. The van der Waals surface area contributed by atoms with Gasteiger partial charge in [-0.2, -0.15) is 0 Å². The number of carbonyl (C=O) groups excluding carboxylic acids is 2. The van der Waals surface area contributed by atoms with Gasteiger partial charge in [-0.15, -0.1) is 0 Å². The standard InChI is InChI=1S/C15H21N3O4S/c1-15(2)11-8-10(6-7-12(11)18(5)14(15)20)23(21,22)16-9-13(19)17(3)4/h6-8,16H,9H2,1-5H3. The lowest BCUT2D eigenvalue weighted by Crippen LogP contribution is -2.36. The Morgan fingerprint density at radius 1 is 1.30 bits per heavy atom. The molecule has 23 heavy (non-hydrogen) atoms. The SMILES string of the molecule is CN(C)C(=O)CNS(=O)(=O)c1ccc2c(c1)C(C)(C)C(=O)N2C. The zero-order chi connectivity index (χ0) is 17.6. The molecule has 1 aromatic rings. The highest BCUT2D eigenvalue weighted by Crippen LogP contribution is 2.41. The summed E-state index contributed by atoms with van der Waals surface area (Å²) in [6.07, 6.45) is 0. The number of amides is 2. The highest BCUT2D eigenvalue weighted by atomic mass is 32.2. The van der Waals surface area contributed by atoms with E-state index in [1.165, 1.54) is 21.9 Å². The first kappa shape index (κ1) is 17.4. The van der Waals surface area contributed by atoms with Crippen molar-refractivity contribution in [1.29, 1.82) is 0 Å². The summed E-state index contributed by atoms with van der Waals surface area (Å²) in [6, 6.07) is 4.55. The summed E-state index contributed by atoms with van der Waals surface area (Å²) < 4.78 is 27.0. The number of rotatable bonds is 4. The van der Waals surface area contributed by atoms with Gasteiger partial charge < -0.3 is 9.80 Å². The zero-order valence-electron chi connectivity index (χ0n) is 13.9. The van der Waals surface area contributed by atoms with E-state index in [2.05, 4.69) is 4.72 Å². The molecule has 7 nitrogen and oxygen atoms in total. The molecule has 2 amide bonds. The van der Waals surface area contributed by atoms with E-state index in [1.54, 1.807) is 41.1 Å². The molecule has 126 valence electrons. The number of sulfonamides is 1. The van der Waals surface area contributed by atoms with Gasteiger partial charge in [-0.3, -0.25) is 9.59 Å². The van der Waals surface area contributed by atoms with Crippen molar-refractivity contribution >= 4 is 27.5 Å². The summed E-state index contributed by atoms with van der Waals surface area (Å²) in [4.78, 5) is 26.7.